The molecule has 0 radical (unpaired) electrons. The minimum Gasteiger partial charge on any atom is -0.496 e. The lowest BCUT2D eigenvalue weighted by molar-refractivity contribution is -0.141. The normalized spacial score (nSPS) is 29.1. The van der Waals surface area contributed by atoms with Crippen LogP contribution in [-0.4, -0.2) is 37.6 Å². The number of hydrogen-bond donors (Lipinski definition) is 0. The van der Waals surface area contributed by atoms with Gasteiger partial charge < -0.3 is 9.47 Å². The maximum Gasteiger partial charge on any atom is 0.313 e. The Bertz CT molecular complexity index is 722. The van der Waals surface area contributed by atoms with E-state index in [0.29, 0.717) is 0 Å². The van der Waals surface area contributed by atoms with E-state index in [4.69, 9.17) is 9.47 Å². The number of ether oxygens (including phenoxy) is 2. The van der Waals surface area contributed by atoms with E-state index >= 15 is 0 Å². The second-order valence-corrected chi connectivity index (χ2v) is 7.84. The van der Waals surface area contributed by atoms with E-state index in [1.54, 1.807) is 7.11 Å². The van der Waals surface area contributed by atoms with Gasteiger partial charge in [-0.1, -0.05) is 12.1 Å². The summed E-state index contributed by atoms with van der Waals surface area (Å²) < 4.78 is 11.1. The maximum atomic E-state index is 12.0. The Balaban J connectivity index is 1.63. The van der Waals surface area contributed by atoms with E-state index in [0.717, 1.165) is 50.2 Å². The monoisotopic (exact) mass is 341 g/mol. The van der Waals surface area contributed by atoms with E-state index in [1.807, 2.05) is 0 Å². The van der Waals surface area contributed by atoms with Crippen LogP contribution in [0.4, 0.5) is 0 Å². The Kier molecular flexibility index (Phi) is 4.11. The molecule has 1 aromatic rings. The SMILES string of the molecule is COc1ccc([C@@]23CCC(OC(=O)C4CC4)=C[C@@H]2N(C)CC3)cc1C. The van der Waals surface area contributed by atoms with Crippen molar-refractivity contribution in [2.75, 3.05) is 20.7 Å². The molecular weight excluding hydrogens is 314 g/mol. The molecule has 2 aliphatic carbocycles. The minimum atomic E-state index is -0.0281. The lowest BCUT2D eigenvalue weighted by atomic mass is 9.68. The minimum absolute atomic E-state index is 0.0281. The first kappa shape index (κ1) is 16.6. The van der Waals surface area contributed by atoms with E-state index in [9.17, 15) is 4.79 Å². The number of fused-ring (bicyclic) bond motifs is 1. The molecule has 4 nitrogen and oxygen atoms in total. The second kappa shape index (κ2) is 6.17. The van der Waals surface area contributed by atoms with Gasteiger partial charge in [0.1, 0.15) is 11.5 Å². The smallest absolute Gasteiger partial charge is 0.313 e. The molecule has 2 atom stereocenters. The van der Waals surface area contributed by atoms with Crippen LogP contribution in [-0.2, 0) is 14.9 Å². The van der Waals surface area contributed by atoms with Crippen LogP contribution < -0.4 is 4.74 Å². The molecule has 1 aliphatic heterocycles. The van der Waals surface area contributed by atoms with Gasteiger partial charge in [0.05, 0.1) is 13.0 Å². The standard InChI is InChI=1S/C21H27NO3/c1-14-12-16(6-7-18(14)24-3)21-9-8-17(25-20(23)15-4-5-15)13-19(21)22(2)11-10-21/h6-7,12-13,15,19H,4-5,8-11H2,1-3H3/t19-,21-/m0/s1. The lowest BCUT2D eigenvalue weighted by Crippen LogP contribution is -2.42. The van der Waals surface area contributed by atoms with E-state index in [-0.39, 0.29) is 23.3 Å². The highest BCUT2D eigenvalue weighted by Crippen LogP contribution is 2.48. The first-order valence-corrected chi connectivity index (χ1v) is 9.31. The van der Waals surface area contributed by atoms with Gasteiger partial charge in [-0.2, -0.15) is 0 Å². The van der Waals surface area contributed by atoms with Crippen molar-refractivity contribution in [3.63, 3.8) is 0 Å². The largest absolute Gasteiger partial charge is 0.496 e. The fraction of sp³-hybridized carbons (Fsp3) is 0.571. The predicted molar refractivity (Wildman–Crippen MR) is 96.6 cm³/mol. The molecular formula is C21H27NO3. The van der Waals surface area contributed by atoms with Crippen LogP contribution in [0.1, 0.15) is 43.2 Å². The van der Waals surface area contributed by atoms with Crippen molar-refractivity contribution in [1.82, 2.24) is 4.90 Å². The van der Waals surface area contributed by atoms with Crippen molar-refractivity contribution >= 4 is 5.97 Å². The molecule has 0 spiro atoms. The molecule has 0 amide bonds. The molecule has 25 heavy (non-hydrogen) atoms. The number of carbonyl (C=O) groups is 1. The topological polar surface area (TPSA) is 38.8 Å². The fourth-order valence-electron chi connectivity index (χ4n) is 4.51. The third-order valence-electron chi connectivity index (χ3n) is 6.23. The number of allylic oxidation sites excluding steroid dienone is 1. The van der Waals surface area contributed by atoms with Gasteiger partial charge in [-0.15, -0.1) is 0 Å². The molecule has 4 heteroatoms. The summed E-state index contributed by atoms with van der Waals surface area (Å²) in [6.45, 7) is 3.17. The number of carbonyl (C=O) groups excluding carboxylic acids is 1. The zero-order valence-electron chi connectivity index (χ0n) is 15.4. The van der Waals surface area contributed by atoms with Crippen molar-refractivity contribution in [2.45, 2.75) is 50.5 Å². The van der Waals surface area contributed by atoms with Crippen molar-refractivity contribution in [1.29, 1.82) is 0 Å². The fourth-order valence-corrected chi connectivity index (χ4v) is 4.51. The number of benzene rings is 1. The van der Waals surface area contributed by atoms with Gasteiger partial charge in [-0.05, 0) is 69.5 Å². The van der Waals surface area contributed by atoms with Gasteiger partial charge in [-0.3, -0.25) is 9.69 Å². The number of nitrogens with zero attached hydrogens (tertiary/aromatic N) is 1. The summed E-state index contributed by atoms with van der Waals surface area (Å²) in [5, 5.41) is 0. The van der Waals surface area contributed by atoms with Crippen molar-refractivity contribution in [3.8, 4) is 5.75 Å². The summed E-state index contributed by atoms with van der Waals surface area (Å²) in [7, 11) is 3.89. The highest BCUT2D eigenvalue weighted by Gasteiger charge is 2.48. The van der Waals surface area contributed by atoms with Crippen LogP contribution >= 0.6 is 0 Å². The third-order valence-corrected chi connectivity index (χ3v) is 6.23. The molecule has 0 N–H and O–H groups in total. The Hall–Kier alpha value is -1.81. The quantitative estimate of drug-likeness (QED) is 0.785. The number of likely N-dealkylation sites (tertiary alicyclic amines) is 1. The van der Waals surface area contributed by atoms with Gasteiger partial charge >= 0.3 is 5.97 Å². The van der Waals surface area contributed by atoms with E-state index in [2.05, 4.69) is 43.1 Å². The molecule has 0 unspecified atom stereocenters. The molecule has 1 aromatic carbocycles. The summed E-state index contributed by atoms with van der Waals surface area (Å²) in [4.78, 5) is 14.4. The predicted octanol–water partition coefficient (Wildman–Crippen LogP) is 3.58. The summed E-state index contributed by atoms with van der Waals surface area (Å²) >= 11 is 0. The first-order valence-electron chi connectivity index (χ1n) is 9.31. The molecule has 1 heterocycles. The van der Waals surface area contributed by atoms with Gasteiger partial charge in [0.25, 0.3) is 0 Å². The third kappa shape index (κ3) is 2.86. The molecule has 4 rings (SSSR count). The van der Waals surface area contributed by atoms with Gasteiger partial charge in [0, 0.05) is 17.9 Å². The van der Waals surface area contributed by atoms with Crippen LogP contribution in [0, 0.1) is 12.8 Å². The average Bonchev–Trinajstić information content (AvgIpc) is 3.41. The van der Waals surface area contributed by atoms with Crippen LogP contribution in [0.3, 0.4) is 0 Å². The first-order chi connectivity index (χ1) is 12.0. The molecule has 0 bridgehead atoms. The van der Waals surface area contributed by atoms with Crippen molar-refractivity contribution in [2.24, 2.45) is 5.92 Å². The molecule has 1 saturated heterocycles. The molecule has 1 saturated carbocycles. The average molecular weight is 341 g/mol. The van der Waals surface area contributed by atoms with E-state index in [1.165, 1.54) is 11.1 Å². The van der Waals surface area contributed by atoms with Crippen LogP contribution in [0.15, 0.2) is 30.0 Å². The molecule has 134 valence electrons. The van der Waals surface area contributed by atoms with Gasteiger partial charge in [0.15, 0.2) is 0 Å². The van der Waals surface area contributed by atoms with E-state index < -0.39 is 0 Å². The highest BCUT2D eigenvalue weighted by molar-refractivity contribution is 5.76. The Labute approximate surface area is 149 Å². The number of esters is 1. The summed E-state index contributed by atoms with van der Waals surface area (Å²) in [6, 6.07) is 6.87. The second-order valence-electron chi connectivity index (χ2n) is 7.84. The zero-order chi connectivity index (χ0) is 17.6. The van der Waals surface area contributed by atoms with Crippen LogP contribution in [0.25, 0.3) is 0 Å². The summed E-state index contributed by atoms with van der Waals surface area (Å²) in [6.07, 6.45) is 7.19. The van der Waals surface area contributed by atoms with Crippen molar-refractivity contribution < 1.29 is 14.3 Å². The summed E-state index contributed by atoms with van der Waals surface area (Å²) in [5.41, 5.74) is 2.67. The number of rotatable bonds is 4. The Morgan fingerprint density at radius 3 is 2.76 bits per heavy atom. The maximum absolute atomic E-state index is 12.0. The zero-order valence-corrected chi connectivity index (χ0v) is 15.4. The number of hydrogen-bond acceptors (Lipinski definition) is 4. The van der Waals surface area contributed by atoms with Crippen LogP contribution in [0.2, 0.25) is 0 Å². The number of likely N-dealkylation sites (N-methyl/N-ethyl adjacent to an activating group) is 1. The highest BCUT2D eigenvalue weighted by atomic mass is 16.5. The number of methoxy groups -OCH3 is 1. The summed E-state index contributed by atoms with van der Waals surface area (Å²) in [5.74, 6) is 1.93. The molecule has 3 aliphatic rings. The van der Waals surface area contributed by atoms with Gasteiger partial charge in [0.2, 0.25) is 0 Å². The molecule has 0 aromatic heterocycles. The molecule has 2 fully saturated rings. The Morgan fingerprint density at radius 1 is 1.28 bits per heavy atom. The van der Waals surface area contributed by atoms with Crippen LogP contribution in [0.5, 0.6) is 5.75 Å². The lowest BCUT2D eigenvalue weighted by Gasteiger charge is -2.40. The Morgan fingerprint density at radius 2 is 2.08 bits per heavy atom. The van der Waals surface area contributed by atoms with Gasteiger partial charge in [-0.25, -0.2) is 0 Å². The van der Waals surface area contributed by atoms with Crippen molar-refractivity contribution in [3.05, 3.63) is 41.2 Å². The number of aryl methyl sites for hydroxylation is 1.